The summed E-state index contributed by atoms with van der Waals surface area (Å²) < 4.78 is 33.2. The lowest BCUT2D eigenvalue weighted by molar-refractivity contribution is -0.160. The lowest BCUT2D eigenvalue weighted by Crippen LogP contribution is -2.40. The van der Waals surface area contributed by atoms with Gasteiger partial charge >= 0.3 is 19.5 Å². The first kappa shape index (κ1) is 29.7. The molecule has 1 rings (SSSR count). The van der Waals surface area contributed by atoms with E-state index >= 15 is 0 Å². The Morgan fingerprint density at radius 1 is 1.09 bits per heavy atom. The van der Waals surface area contributed by atoms with Crippen LogP contribution in [0.25, 0.3) is 0 Å². The average Bonchev–Trinajstić information content (AvgIpc) is 2.75. The first-order valence-corrected chi connectivity index (χ1v) is 13.0. The first-order valence-electron chi connectivity index (χ1n) is 11.0. The zero-order valence-corrected chi connectivity index (χ0v) is 22.0. The second-order valence-electron chi connectivity index (χ2n) is 9.74. The number of carbonyl (C=O) groups is 3. The van der Waals surface area contributed by atoms with E-state index in [4.69, 9.17) is 18.5 Å². The summed E-state index contributed by atoms with van der Waals surface area (Å²) in [7, 11) is -3.51. The number of esters is 2. The van der Waals surface area contributed by atoms with Gasteiger partial charge in [0.25, 0.3) is 0 Å². The van der Waals surface area contributed by atoms with Crippen LogP contribution in [0.1, 0.15) is 55.0 Å². The van der Waals surface area contributed by atoms with E-state index in [2.05, 4.69) is 10.3 Å². The highest BCUT2D eigenvalue weighted by Crippen LogP contribution is 2.46. The van der Waals surface area contributed by atoms with E-state index in [1.807, 2.05) is 0 Å². The first-order chi connectivity index (χ1) is 15.6. The zero-order valence-electron chi connectivity index (χ0n) is 21.1. The van der Waals surface area contributed by atoms with E-state index in [1.165, 1.54) is 6.66 Å². The van der Waals surface area contributed by atoms with Crippen molar-refractivity contribution in [1.82, 2.24) is 10.3 Å². The number of carbonyl (C=O) groups excluding carboxylic acids is 3. The smallest absolute Gasteiger partial charge is 0.330 e. The Bertz CT molecular complexity index is 874. The minimum absolute atomic E-state index is 0. The standard InChI is InChI=1S/C23H37N2O8P.H2/c1-17(20(27)25-13-10-19(26)30-14-18-8-11-24-12-9-18)23(5,6)15-32-34(7,29)33-16-31-21(28)22(2,3)4;/h8-9,11-12,17H,10,13-16H2,1-7H3,(H,25,27);1H/t17-,34?;/m0./s1. The monoisotopic (exact) mass is 502 g/mol. The number of hydrogen-bond acceptors (Lipinski definition) is 9. The van der Waals surface area contributed by atoms with Gasteiger partial charge in [-0.25, -0.2) is 0 Å². The summed E-state index contributed by atoms with van der Waals surface area (Å²) in [6.45, 7) is 11.4. The summed E-state index contributed by atoms with van der Waals surface area (Å²) in [6.07, 6.45) is 3.26. The number of ether oxygens (including phenoxy) is 2. The summed E-state index contributed by atoms with van der Waals surface area (Å²) in [6, 6.07) is 3.50. The Morgan fingerprint density at radius 2 is 1.71 bits per heavy atom. The fourth-order valence-corrected chi connectivity index (χ4v) is 3.23. The molecule has 2 atom stereocenters. The highest BCUT2D eigenvalue weighted by Gasteiger charge is 2.34. The number of aromatic nitrogens is 1. The largest absolute Gasteiger partial charge is 0.461 e. The molecule has 0 saturated heterocycles. The minimum Gasteiger partial charge on any atom is -0.461 e. The van der Waals surface area contributed by atoms with Gasteiger partial charge in [0.05, 0.1) is 18.4 Å². The Balaban J connectivity index is 0.0000116. The van der Waals surface area contributed by atoms with Crippen molar-refractivity contribution in [2.24, 2.45) is 16.7 Å². The van der Waals surface area contributed by atoms with Gasteiger partial charge in [0.1, 0.15) is 6.61 Å². The van der Waals surface area contributed by atoms with Crippen molar-refractivity contribution in [3.63, 3.8) is 0 Å². The molecule has 1 aromatic rings. The third-order valence-corrected chi connectivity index (χ3v) is 6.28. The molecule has 34 heavy (non-hydrogen) atoms. The van der Waals surface area contributed by atoms with Gasteiger partial charge in [-0.05, 0) is 43.9 Å². The number of nitrogens with one attached hydrogen (secondary N) is 1. The van der Waals surface area contributed by atoms with Crippen molar-refractivity contribution in [1.29, 1.82) is 0 Å². The van der Waals surface area contributed by atoms with Gasteiger partial charge in [-0.3, -0.25) is 28.5 Å². The van der Waals surface area contributed by atoms with Crippen molar-refractivity contribution in [3.05, 3.63) is 30.1 Å². The Labute approximate surface area is 203 Å². The number of rotatable bonds is 13. The normalized spacial score (nSPS) is 14.6. The molecule has 1 aromatic heterocycles. The van der Waals surface area contributed by atoms with E-state index < -0.39 is 43.1 Å². The molecule has 1 amide bonds. The number of nitrogens with zero attached hydrogens (tertiary/aromatic N) is 1. The van der Waals surface area contributed by atoms with Crippen molar-refractivity contribution >= 4 is 25.4 Å². The van der Waals surface area contributed by atoms with Gasteiger partial charge in [-0.1, -0.05) is 20.8 Å². The second-order valence-corrected chi connectivity index (χ2v) is 11.8. The quantitative estimate of drug-likeness (QED) is 0.242. The summed E-state index contributed by atoms with van der Waals surface area (Å²) >= 11 is 0. The molecular weight excluding hydrogens is 463 g/mol. The van der Waals surface area contributed by atoms with E-state index in [0.717, 1.165) is 5.56 Å². The van der Waals surface area contributed by atoms with E-state index in [1.54, 1.807) is 66.1 Å². The Hall–Kier alpha value is -2.29. The SMILES string of the molecule is C[C@@H](C(=O)NCCC(=O)OCc1ccncc1)C(C)(C)COP(C)(=O)OCOC(=O)C(C)(C)C.[HH]. The van der Waals surface area contributed by atoms with Crippen molar-refractivity contribution in [3.8, 4) is 0 Å². The Kier molecular flexibility index (Phi) is 11.3. The van der Waals surface area contributed by atoms with Gasteiger partial charge in [0.15, 0.2) is 0 Å². The van der Waals surface area contributed by atoms with Gasteiger partial charge in [0.2, 0.25) is 12.7 Å². The summed E-state index contributed by atoms with van der Waals surface area (Å²) in [5, 5.41) is 2.71. The summed E-state index contributed by atoms with van der Waals surface area (Å²) in [5.41, 5.74) is -0.570. The maximum atomic E-state index is 12.5. The molecule has 0 spiro atoms. The van der Waals surface area contributed by atoms with Crippen molar-refractivity contribution < 1.29 is 38.9 Å². The Morgan fingerprint density at radius 3 is 2.29 bits per heavy atom. The molecule has 0 fully saturated rings. The molecule has 194 valence electrons. The molecular formula is C23H39N2O8P. The van der Waals surface area contributed by atoms with Crippen LogP contribution in [0.5, 0.6) is 0 Å². The molecule has 11 heteroatoms. The average molecular weight is 503 g/mol. The van der Waals surface area contributed by atoms with Crippen molar-refractivity contribution in [2.45, 2.75) is 54.6 Å². The molecule has 10 nitrogen and oxygen atoms in total. The molecule has 1 N–H and O–H groups in total. The van der Waals surface area contributed by atoms with E-state index in [0.29, 0.717) is 0 Å². The lowest BCUT2D eigenvalue weighted by atomic mass is 9.80. The number of amides is 1. The molecule has 0 saturated carbocycles. The van der Waals surface area contributed by atoms with Gasteiger partial charge in [0, 0.05) is 32.9 Å². The van der Waals surface area contributed by atoms with Crippen LogP contribution < -0.4 is 5.32 Å². The van der Waals surface area contributed by atoms with Crippen LogP contribution in [0.3, 0.4) is 0 Å². The van der Waals surface area contributed by atoms with Crippen LogP contribution >= 0.6 is 7.60 Å². The van der Waals surface area contributed by atoms with E-state index in [9.17, 15) is 18.9 Å². The lowest BCUT2D eigenvalue weighted by Gasteiger charge is -2.31. The van der Waals surface area contributed by atoms with Gasteiger partial charge in [-0.2, -0.15) is 0 Å². The molecule has 0 aliphatic carbocycles. The fraction of sp³-hybridized carbons (Fsp3) is 0.652. The highest BCUT2D eigenvalue weighted by atomic mass is 31.2. The topological polar surface area (TPSA) is 130 Å². The molecule has 0 aliphatic rings. The third-order valence-electron chi connectivity index (χ3n) is 5.10. The molecule has 0 aromatic carbocycles. The molecule has 0 aliphatic heterocycles. The maximum absolute atomic E-state index is 12.5. The third kappa shape index (κ3) is 11.2. The van der Waals surface area contributed by atoms with Crippen LogP contribution in [-0.2, 0) is 44.1 Å². The van der Waals surface area contributed by atoms with Gasteiger partial charge in [-0.15, -0.1) is 0 Å². The van der Waals surface area contributed by atoms with Crippen LogP contribution in [-0.4, -0.2) is 49.4 Å². The molecule has 0 bridgehead atoms. The van der Waals surface area contributed by atoms with Crippen LogP contribution in [0, 0.1) is 16.7 Å². The number of hydrogen-bond donors (Lipinski definition) is 1. The van der Waals surface area contributed by atoms with Crippen LogP contribution in [0.2, 0.25) is 0 Å². The van der Waals surface area contributed by atoms with Crippen molar-refractivity contribution in [2.75, 3.05) is 26.6 Å². The maximum Gasteiger partial charge on any atom is 0.330 e. The summed E-state index contributed by atoms with van der Waals surface area (Å²) in [4.78, 5) is 40.1. The molecule has 0 radical (unpaired) electrons. The molecule has 1 heterocycles. The summed E-state index contributed by atoms with van der Waals surface area (Å²) in [5.74, 6) is -1.71. The minimum atomic E-state index is -3.51. The highest BCUT2D eigenvalue weighted by molar-refractivity contribution is 7.52. The van der Waals surface area contributed by atoms with Crippen LogP contribution in [0.4, 0.5) is 0 Å². The number of pyridine rings is 1. The fourth-order valence-electron chi connectivity index (χ4n) is 2.35. The van der Waals surface area contributed by atoms with E-state index in [-0.39, 0.29) is 33.5 Å². The predicted octanol–water partition coefficient (Wildman–Crippen LogP) is 3.94. The molecule has 1 unspecified atom stereocenters. The zero-order chi connectivity index (χ0) is 26.0. The van der Waals surface area contributed by atoms with Gasteiger partial charge < -0.3 is 19.3 Å². The predicted molar refractivity (Wildman–Crippen MR) is 128 cm³/mol. The second kappa shape index (κ2) is 13.0. The van der Waals surface area contributed by atoms with Crippen LogP contribution in [0.15, 0.2) is 24.5 Å².